The summed E-state index contributed by atoms with van der Waals surface area (Å²) in [6, 6.07) is 9.94. The number of fused-ring (bicyclic) bond motifs is 1. The molecule has 0 fully saturated rings. The number of benzene rings is 1. The fraction of sp³-hybridized carbons (Fsp3) is 0.375. The van der Waals surface area contributed by atoms with Gasteiger partial charge in [-0.25, -0.2) is 0 Å². The second-order valence-corrected chi connectivity index (χ2v) is 6.18. The van der Waals surface area contributed by atoms with E-state index in [1.807, 2.05) is 18.2 Å². The van der Waals surface area contributed by atoms with E-state index >= 15 is 0 Å². The van der Waals surface area contributed by atoms with Crippen molar-refractivity contribution in [1.82, 2.24) is 4.90 Å². The molecule has 0 radical (unpaired) electrons. The summed E-state index contributed by atoms with van der Waals surface area (Å²) in [5.74, 6) is 2.22. The third-order valence-corrected chi connectivity index (χ3v) is 4.29. The minimum absolute atomic E-state index is 0.0306. The lowest BCUT2D eigenvalue weighted by molar-refractivity contribution is 0.155. The molecule has 2 aromatic rings. The molecule has 0 saturated heterocycles. The summed E-state index contributed by atoms with van der Waals surface area (Å²) in [4.78, 5) is 3.40. The third kappa shape index (κ3) is 3.31. The van der Waals surface area contributed by atoms with E-state index in [2.05, 4.69) is 36.5 Å². The molecule has 0 N–H and O–H groups in total. The Morgan fingerprint density at radius 3 is 2.90 bits per heavy atom. The Hall–Kier alpha value is -1.72. The molecule has 112 valence electrons. The number of nitrogens with zero attached hydrogens (tertiary/aromatic N) is 1. The molecule has 0 spiro atoms. The molecule has 0 bridgehead atoms. The van der Waals surface area contributed by atoms with Crippen molar-refractivity contribution >= 4 is 11.3 Å². The molecule has 3 rings (SSSR count). The van der Waals surface area contributed by atoms with Crippen molar-refractivity contribution in [2.45, 2.75) is 12.5 Å². The smallest absolute Gasteiger partial charge is 0.231 e. The van der Waals surface area contributed by atoms with Crippen LogP contribution in [0.4, 0.5) is 0 Å². The zero-order chi connectivity index (χ0) is 14.7. The van der Waals surface area contributed by atoms with Crippen LogP contribution < -0.4 is 14.2 Å². The maximum atomic E-state index is 6.23. The molecule has 5 heteroatoms. The lowest BCUT2D eigenvalue weighted by Gasteiger charge is -2.20. The van der Waals surface area contributed by atoms with Gasteiger partial charge in [-0.1, -0.05) is 12.1 Å². The lowest BCUT2D eigenvalue weighted by Crippen LogP contribution is -2.18. The van der Waals surface area contributed by atoms with Crippen LogP contribution in [0.2, 0.25) is 0 Å². The van der Waals surface area contributed by atoms with Gasteiger partial charge in [0.1, 0.15) is 6.10 Å². The van der Waals surface area contributed by atoms with E-state index in [1.165, 1.54) is 4.88 Å². The highest BCUT2D eigenvalue weighted by Crippen LogP contribution is 2.42. The summed E-state index contributed by atoms with van der Waals surface area (Å²) in [5, 5.41) is 2.08. The maximum absolute atomic E-state index is 6.23. The average Bonchev–Trinajstić information content (AvgIpc) is 3.13. The average molecular weight is 305 g/mol. The van der Waals surface area contributed by atoms with Crippen molar-refractivity contribution in [3.05, 3.63) is 40.6 Å². The minimum Gasteiger partial charge on any atom is -0.481 e. The Morgan fingerprint density at radius 2 is 2.14 bits per heavy atom. The first-order chi connectivity index (χ1) is 10.2. The quantitative estimate of drug-likeness (QED) is 0.816. The highest BCUT2D eigenvalue weighted by atomic mass is 32.1. The maximum Gasteiger partial charge on any atom is 0.231 e. The summed E-state index contributed by atoms with van der Waals surface area (Å²) in [6.07, 6.45) is 0.959. The van der Waals surface area contributed by atoms with Gasteiger partial charge in [0.05, 0.1) is 0 Å². The van der Waals surface area contributed by atoms with E-state index in [0.717, 1.165) is 24.5 Å². The largest absolute Gasteiger partial charge is 0.481 e. The Bertz CT molecular complexity index is 583. The van der Waals surface area contributed by atoms with Crippen molar-refractivity contribution in [3.8, 4) is 17.2 Å². The van der Waals surface area contributed by atoms with E-state index < -0.39 is 0 Å². The molecule has 21 heavy (non-hydrogen) atoms. The number of hydrogen-bond donors (Lipinski definition) is 0. The monoisotopic (exact) mass is 305 g/mol. The molecule has 1 aliphatic heterocycles. The summed E-state index contributed by atoms with van der Waals surface area (Å²) in [7, 11) is 4.14. The summed E-state index contributed by atoms with van der Waals surface area (Å²) >= 11 is 1.72. The Labute approximate surface area is 128 Å². The lowest BCUT2D eigenvalue weighted by atomic mass is 10.2. The number of thiophene rings is 1. The third-order valence-electron chi connectivity index (χ3n) is 3.33. The van der Waals surface area contributed by atoms with Gasteiger partial charge in [0.2, 0.25) is 12.5 Å². The molecular formula is C16H19NO3S. The van der Waals surface area contributed by atoms with Gasteiger partial charge in [-0.15, -0.1) is 11.3 Å². The SMILES string of the molecule is CN(C)CC[C@H](Oc1cccc2c1OCO2)c1cccs1. The van der Waals surface area contributed by atoms with Gasteiger partial charge in [0.25, 0.3) is 0 Å². The molecule has 1 atom stereocenters. The zero-order valence-electron chi connectivity index (χ0n) is 12.2. The second kappa shape index (κ2) is 6.37. The summed E-state index contributed by atoms with van der Waals surface area (Å²) in [6.45, 7) is 1.23. The number of para-hydroxylation sites is 1. The van der Waals surface area contributed by atoms with Gasteiger partial charge in [0, 0.05) is 17.8 Å². The molecule has 0 aliphatic carbocycles. The first-order valence-electron chi connectivity index (χ1n) is 6.97. The van der Waals surface area contributed by atoms with Gasteiger partial charge >= 0.3 is 0 Å². The standard InChI is InChI=1S/C16H19NO3S/c1-17(2)9-8-12(15-7-4-10-21-15)20-14-6-3-5-13-16(14)19-11-18-13/h3-7,10,12H,8-9,11H2,1-2H3/t12-/m0/s1. The minimum atomic E-state index is 0.0306. The number of hydrogen-bond acceptors (Lipinski definition) is 5. The Kier molecular flexibility index (Phi) is 4.31. The molecule has 0 amide bonds. The van der Waals surface area contributed by atoms with E-state index in [0.29, 0.717) is 5.75 Å². The van der Waals surface area contributed by atoms with E-state index in [-0.39, 0.29) is 12.9 Å². The highest BCUT2D eigenvalue weighted by molar-refractivity contribution is 7.10. The molecule has 0 saturated carbocycles. The normalized spacial score (nSPS) is 14.4. The molecule has 2 heterocycles. The van der Waals surface area contributed by atoms with Crippen LogP contribution >= 0.6 is 11.3 Å². The van der Waals surface area contributed by atoms with E-state index in [4.69, 9.17) is 14.2 Å². The van der Waals surface area contributed by atoms with Crippen molar-refractivity contribution in [2.24, 2.45) is 0 Å². The van der Waals surface area contributed by atoms with Crippen LogP contribution in [0.15, 0.2) is 35.7 Å². The molecule has 1 aromatic heterocycles. The topological polar surface area (TPSA) is 30.9 Å². The molecule has 1 aromatic carbocycles. The van der Waals surface area contributed by atoms with Crippen molar-refractivity contribution in [3.63, 3.8) is 0 Å². The van der Waals surface area contributed by atoms with E-state index in [1.54, 1.807) is 11.3 Å². The van der Waals surface area contributed by atoms with Crippen LogP contribution in [0.5, 0.6) is 17.2 Å². The summed E-state index contributed by atoms with van der Waals surface area (Å²) < 4.78 is 17.2. The second-order valence-electron chi connectivity index (χ2n) is 5.20. The predicted octanol–water partition coefficient (Wildman–Crippen LogP) is 3.55. The predicted molar refractivity (Wildman–Crippen MR) is 83.4 cm³/mol. The molecule has 0 unspecified atom stereocenters. The fourth-order valence-corrected chi connectivity index (χ4v) is 3.05. The van der Waals surface area contributed by atoms with Crippen LogP contribution in [-0.4, -0.2) is 32.3 Å². The molecule has 1 aliphatic rings. The number of rotatable bonds is 6. The van der Waals surface area contributed by atoms with Crippen LogP contribution in [0.1, 0.15) is 17.4 Å². The van der Waals surface area contributed by atoms with Crippen LogP contribution in [0.25, 0.3) is 0 Å². The van der Waals surface area contributed by atoms with Gasteiger partial charge in [-0.2, -0.15) is 0 Å². The highest BCUT2D eigenvalue weighted by Gasteiger charge is 2.22. The summed E-state index contributed by atoms with van der Waals surface area (Å²) in [5.41, 5.74) is 0. The van der Waals surface area contributed by atoms with Crippen molar-refractivity contribution in [2.75, 3.05) is 27.4 Å². The Balaban J connectivity index is 1.80. The van der Waals surface area contributed by atoms with Crippen LogP contribution in [0.3, 0.4) is 0 Å². The van der Waals surface area contributed by atoms with Crippen molar-refractivity contribution < 1.29 is 14.2 Å². The van der Waals surface area contributed by atoms with Crippen LogP contribution in [0, 0.1) is 0 Å². The number of ether oxygens (including phenoxy) is 3. The fourth-order valence-electron chi connectivity index (χ4n) is 2.26. The van der Waals surface area contributed by atoms with Crippen LogP contribution in [-0.2, 0) is 0 Å². The van der Waals surface area contributed by atoms with Gasteiger partial charge in [-0.05, 0) is 37.7 Å². The first-order valence-corrected chi connectivity index (χ1v) is 7.85. The van der Waals surface area contributed by atoms with Gasteiger partial charge < -0.3 is 19.1 Å². The molecule has 4 nitrogen and oxygen atoms in total. The zero-order valence-corrected chi connectivity index (χ0v) is 13.1. The Morgan fingerprint density at radius 1 is 1.24 bits per heavy atom. The van der Waals surface area contributed by atoms with Gasteiger partial charge in [0.15, 0.2) is 11.5 Å². The van der Waals surface area contributed by atoms with Gasteiger partial charge in [-0.3, -0.25) is 0 Å². The van der Waals surface area contributed by atoms with Crippen molar-refractivity contribution in [1.29, 1.82) is 0 Å². The molecular weight excluding hydrogens is 286 g/mol. The van der Waals surface area contributed by atoms with E-state index in [9.17, 15) is 0 Å². The first kappa shape index (κ1) is 14.2.